The minimum atomic E-state index is -0.207. The fourth-order valence-electron chi connectivity index (χ4n) is 2.20. The van der Waals surface area contributed by atoms with Gasteiger partial charge in [0.2, 0.25) is 0 Å². The van der Waals surface area contributed by atoms with Crippen molar-refractivity contribution < 1.29 is 4.39 Å². The average molecular weight is 312 g/mol. The van der Waals surface area contributed by atoms with E-state index in [0.29, 0.717) is 15.6 Å². The molecule has 0 radical (unpaired) electrons. The van der Waals surface area contributed by atoms with Crippen LogP contribution in [0.4, 0.5) is 4.39 Å². The van der Waals surface area contributed by atoms with E-state index in [2.05, 4.69) is 5.32 Å². The average Bonchev–Trinajstić information content (AvgIpc) is 2.43. The molecule has 4 heteroatoms. The third-order valence-corrected chi connectivity index (χ3v) is 4.05. The molecule has 2 rings (SSSR count). The highest BCUT2D eigenvalue weighted by Gasteiger charge is 2.18. The van der Waals surface area contributed by atoms with Crippen LogP contribution < -0.4 is 5.32 Å². The number of hydrogen-bond donors (Lipinski definition) is 1. The Bertz CT molecular complexity index is 613. The minimum Gasteiger partial charge on any atom is -0.306 e. The Kier molecular flexibility index (Phi) is 5.03. The second-order valence-electron chi connectivity index (χ2n) is 4.64. The quantitative estimate of drug-likeness (QED) is 0.824. The maximum absolute atomic E-state index is 13.4. The summed E-state index contributed by atoms with van der Waals surface area (Å²) in [5.41, 5.74) is 2.48. The summed E-state index contributed by atoms with van der Waals surface area (Å²) >= 11 is 12.4. The van der Waals surface area contributed by atoms with Crippen LogP contribution in [0.25, 0.3) is 0 Å². The molecular formula is C16H16Cl2FN. The van der Waals surface area contributed by atoms with Crippen LogP contribution in [0.2, 0.25) is 10.0 Å². The Morgan fingerprint density at radius 1 is 1.20 bits per heavy atom. The van der Waals surface area contributed by atoms with E-state index < -0.39 is 0 Å². The van der Waals surface area contributed by atoms with E-state index in [0.717, 1.165) is 17.7 Å². The molecule has 106 valence electrons. The lowest BCUT2D eigenvalue weighted by atomic mass is 9.97. The van der Waals surface area contributed by atoms with Crippen LogP contribution in [-0.2, 0) is 0 Å². The monoisotopic (exact) mass is 311 g/mol. The van der Waals surface area contributed by atoms with E-state index in [1.165, 1.54) is 6.07 Å². The zero-order chi connectivity index (χ0) is 14.7. The Hall–Kier alpha value is -1.09. The van der Waals surface area contributed by atoms with E-state index in [1.54, 1.807) is 19.1 Å². The first-order valence-electron chi connectivity index (χ1n) is 6.48. The predicted octanol–water partition coefficient (Wildman–Crippen LogP) is 5.14. The number of aryl methyl sites for hydroxylation is 1. The minimum absolute atomic E-state index is 0.106. The highest BCUT2D eigenvalue weighted by molar-refractivity contribution is 6.42. The highest BCUT2D eigenvalue weighted by atomic mass is 35.5. The zero-order valence-corrected chi connectivity index (χ0v) is 12.9. The zero-order valence-electron chi connectivity index (χ0n) is 11.4. The van der Waals surface area contributed by atoms with Gasteiger partial charge in [-0.15, -0.1) is 0 Å². The van der Waals surface area contributed by atoms with Gasteiger partial charge in [0, 0.05) is 0 Å². The number of benzene rings is 2. The van der Waals surface area contributed by atoms with Gasteiger partial charge in [0.1, 0.15) is 5.82 Å². The summed E-state index contributed by atoms with van der Waals surface area (Å²) in [4.78, 5) is 0. The lowest BCUT2D eigenvalue weighted by Gasteiger charge is -2.21. The fraction of sp³-hybridized carbons (Fsp3) is 0.250. The summed E-state index contributed by atoms with van der Waals surface area (Å²) in [6, 6.07) is 10.5. The first-order valence-corrected chi connectivity index (χ1v) is 7.23. The molecule has 1 N–H and O–H groups in total. The van der Waals surface area contributed by atoms with Gasteiger partial charge in [-0.3, -0.25) is 0 Å². The lowest BCUT2D eigenvalue weighted by molar-refractivity contribution is 0.606. The Balaban J connectivity index is 2.50. The molecule has 0 saturated heterocycles. The molecule has 0 spiro atoms. The molecule has 20 heavy (non-hydrogen) atoms. The Morgan fingerprint density at radius 3 is 2.60 bits per heavy atom. The normalized spacial score (nSPS) is 12.4. The van der Waals surface area contributed by atoms with Crippen molar-refractivity contribution in [3.05, 3.63) is 69.0 Å². The molecule has 2 aromatic carbocycles. The highest BCUT2D eigenvalue weighted by Crippen LogP contribution is 2.33. The summed E-state index contributed by atoms with van der Waals surface area (Å²) in [6.07, 6.45) is 0. The maximum atomic E-state index is 13.4. The van der Waals surface area contributed by atoms with Crippen LogP contribution >= 0.6 is 23.2 Å². The predicted molar refractivity (Wildman–Crippen MR) is 83.1 cm³/mol. The van der Waals surface area contributed by atoms with E-state index in [1.807, 2.05) is 25.1 Å². The molecule has 0 amide bonds. The molecule has 2 aromatic rings. The summed E-state index contributed by atoms with van der Waals surface area (Å²) in [5.74, 6) is -0.207. The van der Waals surface area contributed by atoms with Crippen LogP contribution in [0.5, 0.6) is 0 Å². The number of halogens is 3. The molecule has 0 aliphatic heterocycles. The lowest BCUT2D eigenvalue weighted by Crippen LogP contribution is -2.22. The van der Waals surface area contributed by atoms with Crippen molar-refractivity contribution in [2.45, 2.75) is 19.9 Å². The van der Waals surface area contributed by atoms with Gasteiger partial charge in [-0.05, 0) is 42.3 Å². The van der Waals surface area contributed by atoms with Gasteiger partial charge in [-0.1, -0.05) is 54.4 Å². The summed E-state index contributed by atoms with van der Waals surface area (Å²) in [5, 5.41) is 4.41. The Morgan fingerprint density at radius 2 is 1.95 bits per heavy atom. The molecule has 1 atom stereocenters. The molecule has 0 aromatic heterocycles. The van der Waals surface area contributed by atoms with Crippen molar-refractivity contribution in [3.63, 3.8) is 0 Å². The number of nitrogens with one attached hydrogen (secondary N) is 1. The second kappa shape index (κ2) is 6.57. The van der Waals surface area contributed by atoms with Crippen LogP contribution in [0, 0.1) is 12.7 Å². The summed E-state index contributed by atoms with van der Waals surface area (Å²) in [7, 11) is 0. The third kappa shape index (κ3) is 3.14. The van der Waals surface area contributed by atoms with Gasteiger partial charge < -0.3 is 5.32 Å². The summed E-state index contributed by atoms with van der Waals surface area (Å²) in [6.45, 7) is 4.53. The first kappa shape index (κ1) is 15.3. The van der Waals surface area contributed by atoms with E-state index in [-0.39, 0.29) is 11.9 Å². The molecule has 0 fully saturated rings. The largest absolute Gasteiger partial charge is 0.306 e. The van der Waals surface area contributed by atoms with Crippen molar-refractivity contribution in [2.75, 3.05) is 6.54 Å². The van der Waals surface area contributed by atoms with E-state index in [9.17, 15) is 4.39 Å². The molecular weight excluding hydrogens is 296 g/mol. The van der Waals surface area contributed by atoms with Gasteiger partial charge in [-0.25, -0.2) is 4.39 Å². The van der Waals surface area contributed by atoms with Crippen LogP contribution in [-0.4, -0.2) is 6.54 Å². The van der Waals surface area contributed by atoms with Crippen LogP contribution in [0.15, 0.2) is 36.4 Å². The fourth-order valence-corrected chi connectivity index (χ4v) is 2.62. The van der Waals surface area contributed by atoms with Gasteiger partial charge in [0.25, 0.3) is 0 Å². The van der Waals surface area contributed by atoms with Crippen molar-refractivity contribution in [1.29, 1.82) is 0 Å². The molecule has 1 nitrogen and oxygen atoms in total. The SMILES string of the molecule is CCNC(c1ccc(F)c(C)c1)c1cccc(Cl)c1Cl. The van der Waals surface area contributed by atoms with Crippen molar-refractivity contribution in [2.24, 2.45) is 0 Å². The molecule has 0 aliphatic carbocycles. The number of rotatable bonds is 4. The van der Waals surface area contributed by atoms with E-state index >= 15 is 0 Å². The smallest absolute Gasteiger partial charge is 0.126 e. The summed E-state index contributed by atoms with van der Waals surface area (Å²) < 4.78 is 13.4. The van der Waals surface area contributed by atoms with Crippen molar-refractivity contribution in [3.8, 4) is 0 Å². The van der Waals surface area contributed by atoms with Crippen LogP contribution in [0.1, 0.15) is 29.7 Å². The van der Waals surface area contributed by atoms with Crippen LogP contribution in [0.3, 0.4) is 0 Å². The molecule has 0 bridgehead atoms. The first-order chi connectivity index (χ1) is 9.54. The van der Waals surface area contributed by atoms with Gasteiger partial charge in [0.15, 0.2) is 0 Å². The maximum Gasteiger partial charge on any atom is 0.126 e. The van der Waals surface area contributed by atoms with Gasteiger partial charge in [-0.2, -0.15) is 0 Å². The van der Waals surface area contributed by atoms with Crippen molar-refractivity contribution in [1.82, 2.24) is 5.32 Å². The van der Waals surface area contributed by atoms with Crippen molar-refractivity contribution >= 4 is 23.2 Å². The van der Waals surface area contributed by atoms with E-state index in [4.69, 9.17) is 23.2 Å². The van der Waals surface area contributed by atoms with Gasteiger partial charge in [0.05, 0.1) is 16.1 Å². The topological polar surface area (TPSA) is 12.0 Å². The second-order valence-corrected chi connectivity index (χ2v) is 5.43. The Labute approximate surface area is 128 Å². The third-order valence-electron chi connectivity index (χ3n) is 3.22. The number of hydrogen-bond acceptors (Lipinski definition) is 1. The molecule has 0 aliphatic rings. The molecule has 1 unspecified atom stereocenters. The standard InChI is InChI=1S/C16H16Cl2FN/c1-3-20-16(11-7-8-14(19)10(2)9-11)12-5-4-6-13(17)15(12)18/h4-9,16,20H,3H2,1-2H3. The molecule has 0 saturated carbocycles. The van der Waals surface area contributed by atoms with Gasteiger partial charge >= 0.3 is 0 Å². The molecule has 0 heterocycles.